The van der Waals surface area contributed by atoms with Crippen molar-refractivity contribution in [2.24, 2.45) is 0 Å². The first-order valence-electron chi connectivity index (χ1n) is 7.40. The summed E-state index contributed by atoms with van der Waals surface area (Å²) in [6.07, 6.45) is 1.16. The molecule has 4 heteroatoms. The number of carbonyl (C=O) groups is 1. The number of benzene rings is 2. The highest BCUT2D eigenvalue weighted by atomic mass is 16.5. The molecule has 0 bridgehead atoms. The average molecular weight is 297 g/mol. The van der Waals surface area contributed by atoms with E-state index in [1.165, 1.54) is 0 Å². The topological polar surface area (TPSA) is 47.6 Å². The summed E-state index contributed by atoms with van der Waals surface area (Å²) in [4.78, 5) is 12.3. The number of rotatable bonds is 4. The number of ether oxygens (including phenoxy) is 2. The van der Waals surface area contributed by atoms with Gasteiger partial charge >= 0.3 is 0 Å². The number of hydrogen-bond acceptors (Lipinski definition) is 3. The van der Waals surface area contributed by atoms with Crippen molar-refractivity contribution in [3.8, 4) is 11.5 Å². The number of methoxy groups -OCH3 is 1. The lowest BCUT2D eigenvalue weighted by molar-refractivity contribution is -0.121. The Morgan fingerprint density at radius 3 is 2.77 bits per heavy atom. The van der Waals surface area contributed by atoms with E-state index in [4.69, 9.17) is 9.47 Å². The Balaban J connectivity index is 1.65. The van der Waals surface area contributed by atoms with Crippen molar-refractivity contribution in [3.05, 3.63) is 59.7 Å². The Bertz CT molecular complexity index is 652. The highest BCUT2D eigenvalue weighted by Gasteiger charge is 2.22. The van der Waals surface area contributed by atoms with Gasteiger partial charge in [0.05, 0.1) is 26.2 Å². The molecule has 1 aliphatic rings. The third-order valence-electron chi connectivity index (χ3n) is 3.82. The number of para-hydroxylation sites is 1. The Kier molecular flexibility index (Phi) is 4.28. The van der Waals surface area contributed by atoms with Gasteiger partial charge in [0.1, 0.15) is 11.5 Å². The van der Waals surface area contributed by atoms with Crippen LogP contribution in [0.1, 0.15) is 23.6 Å². The molecule has 0 aliphatic carbocycles. The van der Waals surface area contributed by atoms with Crippen molar-refractivity contribution in [2.45, 2.75) is 18.9 Å². The van der Waals surface area contributed by atoms with E-state index in [9.17, 15) is 4.79 Å². The van der Waals surface area contributed by atoms with E-state index in [2.05, 4.69) is 5.32 Å². The van der Waals surface area contributed by atoms with Crippen LogP contribution < -0.4 is 14.8 Å². The van der Waals surface area contributed by atoms with E-state index < -0.39 is 0 Å². The minimum atomic E-state index is 0.0202. The molecule has 0 spiro atoms. The lowest BCUT2D eigenvalue weighted by atomic mass is 10.00. The van der Waals surface area contributed by atoms with Gasteiger partial charge < -0.3 is 14.8 Å². The third kappa shape index (κ3) is 3.22. The number of hydrogen-bond donors (Lipinski definition) is 1. The zero-order valence-electron chi connectivity index (χ0n) is 12.5. The smallest absolute Gasteiger partial charge is 0.224 e. The maximum atomic E-state index is 12.3. The van der Waals surface area contributed by atoms with Gasteiger partial charge in [-0.1, -0.05) is 30.3 Å². The molecule has 1 N–H and O–H groups in total. The summed E-state index contributed by atoms with van der Waals surface area (Å²) < 4.78 is 10.7. The highest BCUT2D eigenvalue weighted by Crippen LogP contribution is 2.31. The first-order chi connectivity index (χ1) is 10.8. The van der Waals surface area contributed by atoms with Gasteiger partial charge in [0, 0.05) is 12.0 Å². The van der Waals surface area contributed by atoms with Gasteiger partial charge in [-0.3, -0.25) is 4.79 Å². The van der Waals surface area contributed by atoms with Crippen LogP contribution in [0.3, 0.4) is 0 Å². The van der Waals surface area contributed by atoms with Crippen LogP contribution in [-0.2, 0) is 11.2 Å². The fraction of sp³-hybridized carbons (Fsp3) is 0.278. The maximum Gasteiger partial charge on any atom is 0.224 e. The van der Waals surface area contributed by atoms with Crippen LogP contribution in [-0.4, -0.2) is 19.6 Å². The fourth-order valence-electron chi connectivity index (χ4n) is 2.67. The predicted molar refractivity (Wildman–Crippen MR) is 84.1 cm³/mol. The highest BCUT2D eigenvalue weighted by molar-refractivity contribution is 5.79. The van der Waals surface area contributed by atoms with Crippen LogP contribution >= 0.6 is 0 Å². The molecule has 114 valence electrons. The quantitative estimate of drug-likeness (QED) is 0.944. The second-order valence-corrected chi connectivity index (χ2v) is 5.32. The van der Waals surface area contributed by atoms with Crippen molar-refractivity contribution >= 4 is 5.91 Å². The first-order valence-corrected chi connectivity index (χ1v) is 7.40. The summed E-state index contributed by atoms with van der Waals surface area (Å²) in [5.41, 5.74) is 2.02. The second kappa shape index (κ2) is 6.52. The summed E-state index contributed by atoms with van der Waals surface area (Å²) in [7, 11) is 1.63. The van der Waals surface area contributed by atoms with Crippen molar-refractivity contribution < 1.29 is 14.3 Å². The molecule has 0 fully saturated rings. The predicted octanol–water partition coefficient (Wildman–Crippen LogP) is 2.88. The largest absolute Gasteiger partial charge is 0.497 e. The molecule has 2 aromatic rings. The van der Waals surface area contributed by atoms with Gasteiger partial charge in [-0.15, -0.1) is 0 Å². The zero-order chi connectivity index (χ0) is 15.4. The fourth-order valence-corrected chi connectivity index (χ4v) is 2.67. The molecule has 0 aromatic heterocycles. The molecule has 1 aliphatic heterocycles. The first kappa shape index (κ1) is 14.4. The maximum absolute atomic E-state index is 12.3. The molecule has 1 heterocycles. The molecule has 2 aromatic carbocycles. The lowest BCUT2D eigenvalue weighted by Crippen LogP contribution is -2.33. The van der Waals surface area contributed by atoms with E-state index in [-0.39, 0.29) is 11.9 Å². The van der Waals surface area contributed by atoms with E-state index in [1.807, 2.05) is 48.5 Å². The summed E-state index contributed by atoms with van der Waals surface area (Å²) in [6.45, 7) is 0.629. The SMILES string of the molecule is COc1ccc(CC(=O)NC2CCOc3ccccc32)cc1. The van der Waals surface area contributed by atoms with Gasteiger partial charge in [0.15, 0.2) is 0 Å². The van der Waals surface area contributed by atoms with Crippen molar-refractivity contribution in [2.75, 3.05) is 13.7 Å². The Morgan fingerprint density at radius 1 is 1.23 bits per heavy atom. The van der Waals surface area contributed by atoms with Crippen LogP contribution in [0.2, 0.25) is 0 Å². The van der Waals surface area contributed by atoms with Crippen LogP contribution in [0, 0.1) is 0 Å². The zero-order valence-corrected chi connectivity index (χ0v) is 12.5. The molecule has 0 radical (unpaired) electrons. The number of nitrogens with one attached hydrogen (secondary N) is 1. The number of amides is 1. The van der Waals surface area contributed by atoms with Gasteiger partial charge in [-0.2, -0.15) is 0 Å². The van der Waals surface area contributed by atoms with Gasteiger partial charge in [-0.05, 0) is 23.8 Å². The molecule has 4 nitrogen and oxygen atoms in total. The van der Waals surface area contributed by atoms with Crippen LogP contribution in [0.5, 0.6) is 11.5 Å². The molecule has 3 rings (SSSR count). The van der Waals surface area contributed by atoms with Crippen molar-refractivity contribution in [1.29, 1.82) is 0 Å². The minimum Gasteiger partial charge on any atom is -0.497 e. The van der Waals surface area contributed by atoms with Gasteiger partial charge in [0.2, 0.25) is 5.91 Å². The molecule has 0 saturated carbocycles. The van der Waals surface area contributed by atoms with Crippen molar-refractivity contribution in [3.63, 3.8) is 0 Å². The molecule has 1 amide bonds. The Hall–Kier alpha value is -2.49. The monoisotopic (exact) mass is 297 g/mol. The van der Waals surface area contributed by atoms with Crippen molar-refractivity contribution in [1.82, 2.24) is 5.32 Å². The standard InChI is InChI=1S/C18H19NO3/c1-21-14-8-6-13(7-9-14)12-18(20)19-16-10-11-22-17-5-3-2-4-15(16)17/h2-9,16H,10-12H2,1H3,(H,19,20). The van der Waals surface area contributed by atoms with Gasteiger partial charge in [0.25, 0.3) is 0 Å². The lowest BCUT2D eigenvalue weighted by Gasteiger charge is -2.26. The third-order valence-corrected chi connectivity index (χ3v) is 3.82. The normalized spacial score (nSPS) is 16.3. The van der Waals surface area contributed by atoms with Crippen LogP contribution in [0.4, 0.5) is 0 Å². The number of fused-ring (bicyclic) bond motifs is 1. The molecular formula is C18H19NO3. The van der Waals surface area contributed by atoms with E-state index >= 15 is 0 Å². The summed E-state index contributed by atoms with van der Waals surface area (Å²) in [5.74, 6) is 1.68. The summed E-state index contributed by atoms with van der Waals surface area (Å²) >= 11 is 0. The van der Waals surface area contributed by atoms with Crippen LogP contribution in [0.15, 0.2) is 48.5 Å². The molecule has 1 unspecified atom stereocenters. The van der Waals surface area contributed by atoms with E-state index in [0.717, 1.165) is 29.0 Å². The number of carbonyl (C=O) groups excluding carboxylic acids is 1. The Labute approximate surface area is 130 Å². The molecule has 1 atom stereocenters. The Morgan fingerprint density at radius 2 is 2.00 bits per heavy atom. The summed E-state index contributed by atoms with van der Waals surface area (Å²) in [6, 6.07) is 15.4. The van der Waals surface area contributed by atoms with E-state index in [0.29, 0.717) is 13.0 Å². The molecule has 22 heavy (non-hydrogen) atoms. The average Bonchev–Trinajstić information content (AvgIpc) is 2.56. The van der Waals surface area contributed by atoms with Crippen LogP contribution in [0.25, 0.3) is 0 Å². The minimum absolute atomic E-state index is 0.0202. The van der Waals surface area contributed by atoms with Gasteiger partial charge in [-0.25, -0.2) is 0 Å². The van der Waals surface area contributed by atoms with E-state index in [1.54, 1.807) is 7.11 Å². The molecular weight excluding hydrogens is 278 g/mol. The second-order valence-electron chi connectivity index (χ2n) is 5.32. The summed E-state index contributed by atoms with van der Waals surface area (Å²) in [5, 5.41) is 3.10. The molecule has 0 saturated heterocycles.